The minimum absolute atomic E-state index is 0.0694. The van der Waals surface area contributed by atoms with Crippen LogP contribution in [0.25, 0.3) is 0 Å². The van der Waals surface area contributed by atoms with Crippen LogP contribution in [-0.2, 0) is 14.9 Å². The number of carboxylic acids is 1. The summed E-state index contributed by atoms with van der Waals surface area (Å²) < 4.78 is 30.1. The second-order valence-electron chi connectivity index (χ2n) is 4.37. The van der Waals surface area contributed by atoms with Gasteiger partial charge in [0, 0.05) is 26.2 Å². The summed E-state index contributed by atoms with van der Waals surface area (Å²) in [7, 11) is -3.93. The second kappa shape index (κ2) is 10.1. The molecule has 0 unspecified atom stereocenters. The molecule has 0 aromatic carbocycles. The van der Waals surface area contributed by atoms with E-state index in [0.29, 0.717) is 26.2 Å². The quantitative estimate of drug-likeness (QED) is 0.345. The molecule has 0 bridgehead atoms. The molecule has 114 valence electrons. The molecule has 19 heavy (non-hydrogen) atoms. The van der Waals surface area contributed by atoms with Crippen molar-refractivity contribution in [3.8, 4) is 0 Å². The number of hydrogen-bond acceptors (Lipinski definition) is 5. The summed E-state index contributed by atoms with van der Waals surface area (Å²) in [5.74, 6) is -1.12. The Morgan fingerprint density at radius 3 is 2.42 bits per heavy atom. The molecule has 0 aromatic rings. The van der Waals surface area contributed by atoms with E-state index in [1.165, 1.54) is 0 Å². The Morgan fingerprint density at radius 2 is 1.89 bits per heavy atom. The van der Waals surface area contributed by atoms with Crippen molar-refractivity contribution in [2.45, 2.75) is 26.2 Å². The molecule has 0 radical (unpaired) electrons. The highest BCUT2D eigenvalue weighted by atomic mass is 32.2. The predicted molar refractivity (Wildman–Crippen MR) is 72.9 cm³/mol. The van der Waals surface area contributed by atoms with E-state index >= 15 is 0 Å². The van der Waals surface area contributed by atoms with Crippen LogP contribution in [0.1, 0.15) is 26.2 Å². The van der Waals surface area contributed by atoms with Gasteiger partial charge in [-0.2, -0.15) is 8.42 Å². The standard InChI is InChI=1S/C11H24N2O5S/c1-2-3-7-13(9-10-19(16,17)18)8-6-12-5-4-11(14)15/h12H,2-10H2,1H3,(H,14,15)(H,16,17,18). The van der Waals surface area contributed by atoms with Crippen molar-refractivity contribution in [2.75, 3.05) is 38.5 Å². The largest absolute Gasteiger partial charge is 0.481 e. The highest BCUT2D eigenvalue weighted by Gasteiger charge is 2.10. The van der Waals surface area contributed by atoms with E-state index in [1.807, 2.05) is 11.8 Å². The molecule has 3 N–H and O–H groups in total. The summed E-state index contributed by atoms with van der Waals surface area (Å²) in [6.45, 7) is 4.74. The number of hydrogen-bond donors (Lipinski definition) is 3. The molecular weight excluding hydrogens is 272 g/mol. The average molecular weight is 296 g/mol. The lowest BCUT2D eigenvalue weighted by molar-refractivity contribution is -0.136. The molecule has 0 aliphatic carbocycles. The highest BCUT2D eigenvalue weighted by molar-refractivity contribution is 7.85. The zero-order valence-electron chi connectivity index (χ0n) is 11.3. The molecule has 0 amide bonds. The fourth-order valence-electron chi connectivity index (χ4n) is 1.52. The molecule has 7 nitrogen and oxygen atoms in total. The monoisotopic (exact) mass is 296 g/mol. The minimum Gasteiger partial charge on any atom is -0.481 e. The summed E-state index contributed by atoms with van der Waals surface area (Å²) in [5.41, 5.74) is 0. The maximum Gasteiger partial charge on any atom is 0.304 e. The molecule has 0 aliphatic heterocycles. The van der Waals surface area contributed by atoms with Crippen LogP contribution >= 0.6 is 0 Å². The summed E-state index contributed by atoms with van der Waals surface area (Å²) in [4.78, 5) is 12.3. The van der Waals surface area contributed by atoms with Gasteiger partial charge in [-0.1, -0.05) is 13.3 Å². The van der Waals surface area contributed by atoms with E-state index in [1.54, 1.807) is 0 Å². The molecular formula is C11H24N2O5S. The van der Waals surface area contributed by atoms with Crippen molar-refractivity contribution in [2.24, 2.45) is 0 Å². The number of carboxylic acid groups (broad SMARTS) is 1. The van der Waals surface area contributed by atoms with Gasteiger partial charge in [-0.25, -0.2) is 0 Å². The number of aliphatic carboxylic acids is 1. The molecule has 0 spiro atoms. The van der Waals surface area contributed by atoms with Crippen molar-refractivity contribution in [3.63, 3.8) is 0 Å². The van der Waals surface area contributed by atoms with Crippen molar-refractivity contribution in [1.29, 1.82) is 0 Å². The van der Waals surface area contributed by atoms with Gasteiger partial charge in [-0.3, -0.25) is 9.35 Å². The van der Waals surface area contributed by atoms with Gasteiger partial charge in [-0.15, -0.1) is 0 Å². The van der Waals surface area contributed by atoms with E-state index in [0.717, 1.165) is 19.4 Å². The van der Waals surface area contributed by atoms with Gasteiger partial charge in [-0.05, 0) is 13.0 Å². The lowest BCUT2D eigenvalue weighted by Gasteiger charge is -2.21. The SMILES string of the molecule is CCCCN(CCNCCC(=O)O)CCS(=O)(=O)O. The van der Waals surface area contributed by atoms with E-state index in [4.69, 9.17) is 9.66 Å². The first-order valence-corrected chi connectivity index (χ1v) is 8.06. The first-order chi connectivity index (χ1) is 8.85. The van der Waals surface area contributed by atoms with Gasteiger partial charge in [0.05, 0.1) is 12.2 Å². The van der Waals surface area contributed by atoms with Gasteiger partial charge < -0.3 is 15.3 Å². The first kappa shape index (κ1) is 18.3. The van der Waals surface area contributed by atoms with Gasteiger partial charge in [0.2, 0.25) is 0 Å². The number of unbranched alkanes of at least 4 members (excludes halogenated alkanes) is 1. The maximum atomic E-state index is 10.7. The van der Waals surface area contributed by atoms with Crippen molar-refractivity contribution >= 4 is 16.1 Å². The molecule has 8 heteroatoms. The summed E-state index contributed by atoms with van der Waals surface area (Å²) in [5, 5.41) is 11.5. The van der Waals surface area contributed by atoms with Gasteiger partial charge in [0.25, 0.3) is 10.1 Å². The van der Waals surface area contributed by atoms with Crippen molar-refractivity contribution < 1.29 is 22.9 Å². The van der Waals surface area contributed by atoms with Crippen molar-refractivity contribution in [3.05, 3.63) is 0 Å². The third-order valence-corrected chi connectivity index (χ3v) is 3.31. The predicted octanol–water partition coefficient (Wildman–Crippen LogP) is 0.0406. The molecule has 0 aliphatic rings. The molecule has 0 aromatic heterocycles. The molecule has 0 saturated heterocycles. The van der Waals surface area contributed by atoms with Crippen molar-refractivity contribution in [1.82, 2.24) is 10.2 Å². The molecule has 0 saturated carbocycles. The first-order valence-electron chi connectivity index (χ1n) is 6.45. The smallest absolute Gasteiger partial charge is 0.304 e. The molecule has 0 rings (SSSR count). The van der Waals surface area contributed by atoms with Gasteiger partial charge in [0.1, 0.15) is 0 Å². The van der Waals surface area contributed by atoms with Crippen LogP contribution in [0, 0.1) is 0 Å². The fourth-order valence-corrected chi connectivity index (χ4v) is 2.01. The third kappa shape index (κ3) is 13.5. The second-order valence-corrected chi connectivity index (χ2v) is 5.95. The summed E-state index contributed by atoms with van der Waals surface area (Å²) in [6, 6.07) is 0. The van der Waals surface area contributed by atoms with Gasteiger partial charge in [0.15, 0.2) is 0 Å². The molecule has 0 heterocycles. The van der Waals surface area contributed by atoms with E-state index < -0.39 is 16.1 Å². The van der Waals surface area contributed by atoms with Crippen LogP contribution in [0.4, 0.5) is 0 Å². The Balaban J connectivity index is 3.88. The van der Waals surface area contributed by atoms with Crippen LogP contribution in [0.3, 0.4) is 0 Å². The lowest BCUT2D eigenvalue weighted by atomic mass is 10.3. The third-order valence-electron chi connectivity index (χ3n) is 2.61. The number of nitrogens with one attached hydrogen (secondary N) is 1. The van der Waals surface area contributed by atoms with E-state index in [-0.39, 0.29) is 12.2 Å². The highest BCUT2D eigenvalue weighted by Crippen LogP contribution is 1.96. The van der Waals surface area contributed by atoms with Crippen LogP contribution in [-0.4, -0.2) is 67.4 Å². The topological polar surface area (TPSA) is 107 Å². The average Bonchev–Trinajstić information content (AvgIpc) is 2.29. The number of nitrogens with zero attached hydrogens (tertiary/aromatic N) is 1. The normalized spacial score (nSPS) is 11.9. The summed E-state index contributed by atoms with van der Waals surface area (Å²) >= 11 is 0. The zero-order chi connectivity index (χ0) is 14.7. The number of rotatable bonds is 12. The van der Waals surface area contributed by atoms with E-state index in [9.17, 15) is 13.2 Å². The van der Waals surface area contributed by atoms with Crippen LogP contribution in [0.2, 0.25) is 0 Å². The maximum absolute atomic E-state index is 10.7. The Kier molecular flexibility index (Phi) is 9.76. The number of carbonyl (C=O) groups is 1. The van der Waals surface area contributed by atoms with E-state index in [2.05, 4.69) is 5.32 Å². The Hall–Kier alpha value is -0.700. The van der Waals surface area contributed by atoms with Crippen LogP contribution in [0.5, 0.6) is 0 Å². The van der Waals surface area contributed by atoms with Gasteiger partial charge >= 0.3 is 5.97 Å². The molecule has 0 atom stereocenters. The Bertz CT molecular complexity index is 345. The lowest BCUT2D eigenvalue weighted by Crippen LogP contribution is -2.36. The summed E-state index contributed by atoms with van der Waals surface area (Å²) in [6.07, 6.45) is 2.04. The molecule has 0 fully saturated rings. The Morgan fingerprint density at radius 1 is 1.21 bits per heavy atom. The van der Waals surface area contributed by atoms with Crippen LogP contribution in [0.15, 0.2) is 0 Å². The minimum atomic E-state index is -3.93. The fraction of sp³-hybridized carbons (Fsp3) is 0.909. The Labute approximate surface area is 114 Å². The van der Waals surface area contributed by atoms with Crippen LogP contribution < -0.4 is 5.32 Å². The zero-order valence-corrected chi connectivity index (χ0v) is 12.2.